The summed E-state index contributed by atoms with van der Waals surface area (Å²) in [5, 5.41) is 12.2. The molecular weight excluding hydrogens is 483 g/mol. The van der Waals surface area contributed by atoms with E-state index < -0.39 is 34.8 Å². The number of aromatic nitrogens is 2. The molecular formula is C24H23F5N6O. The zero-order valence-corrected chi connectivity index (χ0v) is 19.5. The molecule has 1 atom stereocenters. The lowest BCUT2D eigenvalue weighted by Gasteiger charge is -2.39. The Hall–Kier alpha value is -3.67. The van der Waals surface area contributed by atoms with Gasteiger partial charge in [-0.3, -0.25) is 14.9 Å². The lowest BCUT2D eigenvalue weighted by Crippen LogP contribution is -2.47. The zero-order valence-electron chi connectivity index (χ0n) is 19.5. The van der Waals surface area contributed by atoms with E-state index in [1.165, 1.54) is 12.1 Å². The molecule has 5 rings (SSSR count). The predicted molar refractivity (Wildman–Crippen MR) is 124 cm³/mol. The summed E-state index contributed by atoms with van der Waals surface area (Å²) in [4.78, 5) is 13.4. The molecule has 190 valence electrons. The lowest BCUT2D eigenvalue weighted by molar-refractivity contribution is -0.140. The normalized spacial score (nSPS) is 18.6. The second-order valence-electron chi connectivity index (χ2n) is 8.87. The Morgan fingerprint density at radius 3 is 2.44 bits per heavy atom. The van der Waals surface area contributed by atoms with Gasteiger partial charge in [-0.25, -0.2) is 13.8 Å². The van der Waals surface area contributed by atoms with Crippen molar-refractivity contribution in [1.29, 1.82) is 0 Å². The number of alkyl halides is 3. The highest BCUT2D eigenvalue weighted by Crippen LogP contribution is 2.43. The fraction of sp³-hybridized carbons (Fsp3) is 0.333. The largest absolute Gasteiger partial charge is 0.503 e. The molecule has 1 N–H and O–H groups in total. The Bertz CT molecular complexity index is 1290. The highest BCUT2D eigenvalue weighted by molar-refractivity contribution is 5.67. The summed E-state index contributed by atoms with van der Waals surface area (Å²) in [6.45, 7) is 2.01. The number of anilines is 3. The molecule has 0 aliphatic carbocycles. The third kappa shape index (κ3) is 4.04. The van der Waals surface area contributed by atoms with E-state index >= 15 is 0 Å². The molecule has 1 fully saturated rings. The molecule has 7 nitrogen and oxygen atoms in total. The standard InChI is InChI=1S/C24H23F5N6O/c1-32-8-9-34(13-18(32)14-6-4-3-5-7-14)23-30-11-15-12-35(33(2)22(15)31-23)17-10-16(24(27,28)29)19(25)21(36)20(17)26/h3-7,10-11,18,36H,8-9,12-13H2,1-2H3. The van der Waals surface area contributed by atoms with Gasteiger partial charge in [0, 0.05) is 38.4 Å². The SMILES string of the molecule is CN1CCN(c2ncc3c(n2)N(C)N(c2cc(C(F)(F)F)c(F)c(O)c2F)C3)CC1c1ccccc1. The Labute approximate surface area is 204 Å². The second kappa shape index (κ2) is 8.77. The van der Waals surface area contributed by atoms with Crippen LogP contribution >= 0.6 is 0 Å². The van der Waals surface area contributed by atoms with Crippen LogP contribution in [0.2, 0.25) is 0 Å². The molecule has 3 heterocycles. The fourth-order valence-electron chi connectivity index (χ4n) is 4.65. The van der Waals surface area contributed by atoms with Gasteiger partial charge in [0.15, 0.2) is 23.2 Å². The Balaban J connectivity index is 1.44. The van der Waals surface area contributed by atoms with E-state index in [0.29, 0.717) is 36.5 Å². The van der Waals surface area contributed by atoms with E-state index in [9.17, 15) is 27.1 Å². The van der Waals surface area contributed by atoms with Crippen molar-refractivity contribution >= 4 is 17.5 Å². The first-order valence-electron chi connectivity index (χ1n) is 11.2. The molecule has 0 saturated carbocycles. The predicted octanol–water partition coefficient (Wildman–Crippen LogP) is 4.34. The van der Waals surface area contributed by atoms with Crippen molar-refractivity contribution in [2.24, 2.45) is 0 Å². The first kappa shape index (κ1) is 24.0. The molecule has 3 aromatic rings. The van der Waals surface area contributed by atoms with E-state index in [1.807, 2.05) is 30.1 Å². The summed E-state index contributed by atoms with van der Waals surface area (Å²) < 4.78 is 68.5. The number of piperazine rings is 1. The summed E-state index contributed by atoms with van der Waals surface area (Å²) in [5.74, 6) is -4.39. The topological polar surface area (TPSA) is 59.0 Å². The number of hydrazine groups is 1. The quantitative estimate of drug-likeness (QED) is 0.531. The van der Waals surface area contributed by atoms with Crippen molar-refractivity contribution in [3.05, 3.63) is 70.9 Å². The Morgan fingerprint density at radius 2 is 1.75 bits per heavy atom. The van der Waals surface area contributed by atoms with Crippen LogP contribution in [-0.2, 0) is 12.7 Å². The lowest BCUT2D eigenvalue weighted by atomic mass is 10.0. The third-order valence-electron chi connectivity index (χ3n) is 6.67. The van der Waals surface area contributed by atoms with Crippen molar-refractivity contribution in [3.63, 3.8) is 0 Å². The minimum Gasteiger partial charge on any atom is -0.503 e. The van der Waals surface area contributed by atoms with Crippen molar-refractivity contribution in [1.82, 2.24) is 14.9 Å². The highest BCUT2D eigenvalue weighted by Gasteiger charge is 2.40. The molecule has 0 amide bonds. The maximum Gasteiger partial charge on any atom is 0.419 e. The summed E-state index contributed by atoms with van der Waals surface area (Å²) in [7, 11) is 3.55. The number of fused-ring (bicyclic) bond motifs is 1. The molecule has 0 bridgehead atoms. The van der Waals surface area contributed by atoms with Gasteiger partial charge >= 0.3 is 6.18 Å². The van der Waals surface area contributed by atoms with Gasteiger partial charge in [-0.15, -0.1) is 0 Å². The molecule has 2 aromatic carbocycles. The molecule has 36 heavy (non-hydrogen) atoms. The van der Waals surface area contributed by atoms with Crippen LogP contribution < -0.4 is 14.9 Å². The molecule has 2 aliphatic heterocycles. The molecule has 12 heteroatoms. The Morgan fingerprint density at radius 1 is 1.03 bits per heavy atom. The second-order valence-corrected chi connectivity index (χ2v) is 8.87. The van der Waals surface area contributed by atoms with Crippen LogP contribution in [0, 0.1) is 11.6 Å². The fourth-order valence-corrected chi connectivity index (χ4v) is 4.65. The number of hydrogen-bond acceptors (Lipinski definition) is 7. The molecule has 1 aromatic heterocycles. The zero-order chi connectivity index (χ0) is 25.8. The van der Waals surface area contributed by atoms with Gasteiger partial charge in [0.1, 0.15) is 0 Å². The number of benzene rings is 2. The summed E-state index contributed by atoms with van der Waals surface area (Å²) in [5.41, 5.74) is -0.670. The van der Waals surface area contributed by atoms with Crippen molar-refractivity contribution in [2.45, 2.75) is 18.8 Å². The van der Waals surface area contributed by atoms with Gasteiger partial charge in [0.05, 0.1) is 23.8 Å². The number of rotatable bonds is 3. The van der Waals surface area contributed by atoms with Crippen molar-refractivity contribution in [2.75, 3.05) is 48.6 Å². The minimum absolute atomic E-state index is 0.0548. The number of phenols is 1. The summed E-state index contributed by atoms with van der Waals surface area (Å²) >= 11 is 0. The number of hydrogen-bond donors (Lipinski definition) is 1. The number of phenolic OH excluding ortho intramolecular Hbond substituents is 1. The highest BCUT2D eigenvalue weighted by atomic mass is 19.4. The molecule has 2 aliphatic rings. The van der Waals surface area contributed by atoms with Gasteiger partial charge < -0.3 is 10.0 Å². The van der Waals surface area contributed by atoms with Crippen LogP contribution in [0.15, 0.2) is 42.6 Å². The van der Waals surface area contributed by atoms with Crippen LogP contribution in [-0.4, -0.2) is 53.7 Å². The Kier molecular flexibility index (Phi) is 5.86. The average Bonchev–Trinajstić information content (AvgIpc) is 3.18. The van der Waals surface area contributed by atoms with E-state index in [0.717, 1.165) is 17.1 Å². The van der Waals surface area contributed by atoms with Gasteiger partial charge in [0.25, 0.3) is 0 Å². The maximum absolute atomic E-state index is 14.7. The first-order chi connectivity index (χ1) is 17.1. The third-order valence-corrected chi connectivity index (χ3v) is 6.67. The van der Waals surface area contributed by atoms with Crippen LogP contribution in [0.25, 0.3) is 0 Å². The van der Waals surface area contributed by atoms with Crippen molar-refractivity contribution in [3.8, 4) is 5.75 Å². The molecule has 1 unspecified atom stereocenters. The van der Waals surface area contributed by atoms with E-state index in [4.69, 9.17) is 0 Å². The summed E-state index contributed by atoms with van der Waals surface area (Å²) in [6, 6.07) is 10.5. The van der Waals surface area contributed by atoms with Crippen LogP contribution in [0.4, 0.5) is 39.4 Å². The van der Waals surface area contributed by atoms with Gasteiger partial charge in [-0.1, -0.05) is 30.3 Å². The number of nitrogens with zero attached hydrogens (tertiary/aromatic N) is 6. The van der Waals surface area contributed by atoms with Gasteiger partial charge in [-0.05, 0) is 18.7 Å². The molecule has 0 radical (unpaired) electrons. The van der Waals surface area contributed by atoms with Crippen LogP contribution in [0.1, 0.15) is 22.7 Å². The number of likely N-dealkylation sites (N-methyl/N-ethyl adjacent to an activating group) is 1. The van der Waals surface area contributed by atoms with E-state index in [2.05, 4.69) is 27.0 Å². The number of aromatic hydroxyl groups is 1. The van der Waals surface area contributed by atoms with E-state index in [1.54, 1.807) is 6.20 Å². The average molecular weight is 506 g/mol. The van der Waals surface area contributed by atoms with Crippen LogP contribution in [0.3, 0.4) is 0 Å². The van der Waals surface area contributed by atoms with E-state index in [-0.39, 0.29) is 12.6 Å². The van der Waals surface area contributed by atoms with Crippen molar-refractivity contribution < 1.29 is 27.1 Å². The first-order valence-corrected chi connectivity index (χ1v) is 11.2. The summed E-state index contributed by atoms with van der Waals surface area (Å²) in [6.07, 6.45) is -3.56. The molecule has 0 spiro atoms. The monoisotopic (exact) mass is 506 g/mol. The maximum atomic E-state index is 14.7. The number of halogens is 5. The minimum atomic E-state index is -5.11. The van der Waals surface area contributed by atoms with Crippen LogP contribution in [0.5, 0.6) is 5.75 Å². The molecule has 1 saturated heterocycles. The smallest absolute Gasteiger partial charge is 0.419 e. The van der Waals surface area contributed by atoms with Gasteiger partial charge in [-0.2, -0.15) is 18.2 Å². The van der Waals surface area contributed by atoms with Gasteiger partial charge in [0.2, 0.25) is 5.95 Å².